The van der Waals surface area contributed by atoms with E-state index in [4.69, 9.17) is 10.2 Å². The summed E-state index contributed by atoms with van der Waals surface area (Å²) in [6.07, 6.45) is -1.06. The van der Waals surface area contributed by atoms with Gasteiger partial charge < -0.3 is 10.2 Å². The molecular weight excluding hydrogens is 412 g/mol. The zero-order valence-corrected chi connectivity index (χ0v) is 16.7. The Morgan fingerprint density at radius 3 is 2.47 bits per heavy atom. The summed E-state index contributed by atoms with van der Waals surface area (Å²) in [5.41, 5.74) is 2.21. The first-order valence-corrected chi connectivity index (χ1v) is 10.4. The summed E-state index contributed by atoms with van der Waals surface area (Å²) in [5, 5.41) is 40.4. The molecule has 3 aromatic rings. The number of carbonyl (C=O) groups is 1. The molecule has 0 saturated carbocycles. The molecular formula is C18H20N6O5S. The monoisotopic (exact) mass is 432 g/mol. The van der Waals surface area contributed by atoms with E-state index in [9.17, 15) is 18.3 Å². The van der Waals surface area contributed by atoms with Gasteiger partial charge in [0.15, 0.2) is 0 Å². The molecule has 0 fully saturated rings. The minimum atomic E-state index is -4.04. The Balaban J connectivity index is 1.95. The van der Waals surface area contributed by atoms with Crippen LogP contribution in [-0.2, 0) is 21.4 Å². The maximum Gasteiger partial charge on any atom is 0.323 e. The van der Waals surface area contributed by atoms with Crippen molar-refractivity contribution < 1.29 is 23.4 Å². The number of nitrogens with two attached hydrogens (primary N) is 1. The minimum Gasteiger partial charge on any atom is -0.480 e. The second-order valence-corrected chi connectivity index (χ2v) is 8.12. The number of primary sulfonamides is 1. The van der Waals surface area contributed by atoms with Crippen molar-refractivity contribution in [2.45, 2.75) is 30.5 Å². The lowest BCUT2D eigenvalue weighted by Gasteiger charge is -2.17. The lowest BCUT2D eigenvalue weighted by atomic mass is 9.98. The fraction of sp³-hybridized carbons (Fsp3) is 0.222. The SMILES string of the molecule is C[C@@H](O)[C@H](NCc1ccc(-c2cccc(S(N)(=O)=O)c2-c2nn[nH]n2)cc1)C(=O)O. The number of aliphatic hydroxyl groups is 1. The number of hydrogen-bond acceptors (Lipinski definition) is 8. The summed E-state index contributed by atoms with van der Waals surface area (Å²) in [4.78, 5) is 11.0. The molecule has 0 saturated heterocycles. The number of aliphatic carboxylic acids is 1. The highest BCUT2D eigenvalue weighted by Gasteiger charge is 2.23. The molecule has 6 N–H and O–H groups in total. The van der Waals surface area contributed by atoms with Crippen LogP contribution in [0.2, 0.25) is 0 Å². The number of nitrogens with zero attached hydrogens (tertiary/aromatic N) is 3. The first-order valence-electron chi connectivity index (χ1n) is 8.81. The zero-order valence-electron chi connectivity index (χ0n) is 15.8. The Kier molecular flexibility index (Phi) is 6.22. The second kappa shape index (κ2) is 8.67. The first kappa shape index (κ1) is 21.5. The molecule has 3 rings (SSSR count). The maximum atomic E-state index is 12.1. The molecule has 1 aromatic heterocycles. The Bertz CT molecular complexity index is 1130. The highest BCUT2D eigenvalue weighted by atomic mass is 32.2. The molecule has 0 spiro atoms. The van der Waals surface area contributed by atoms with Gasteiger partial charge in [-0.1, -0.05) is 36.4 Å². The van der Waals surface area contributed by atoms with E-state index in [0.717, 1.165) is 5.56 Å². The normalized spacial score (nSPS) is 13.7. The number of benzene rings is 2. The molecule has 0 bridgehead atoms. The van der Waals surface area contributed by atoms with E-state index in [0.29, 0.717) is 11.1 Å². The van der Waals surface area contributed by atoms with Crippen LogP contribution in [0.5, 0.6) is 0 Å². The lowest BCUT2D eigenvalue weighted by molar-refractivity contribution is -0.142. The smallest absolute Gasteiger partial charge is 0.323 e. The van der Waals surface area contributed by atoms with Crippen LogP contribution in [0, 0.1) is 0 Å². The summed E-state index contributed by atoms with van der Waals surface area (Å²) in [5.74, 6) is -1.06. The number of aromatic amines is 1. The number of H-pyrrole nitrogens is 1. The summed E-state index contributed by atoms with van der Waals surface area (Å²) in [6, 6.07) is 10.6. The van der Waals surface area contributed by atoms with Gasteiger partial charge in [-0.2, -0.15) is 5.21 Å². The van der Waals surface area contributed by atoms with Gasteiger partial charge in [0, 0.05) is 6.54 Å². The van der Waals surface area contributed by atoms with Gasteiger partial charge in [0.05, 0.1) is 16.6 Å². The molecule has 0 radical (unpaired) electrons. The van der Waals surface area contributed by atoms with Crippen LogP contribution in [0.25, 0.3) is 22.5 Å². The number of tetrazole rings is 1. The Hall–Kier alpha value is -3.19. The minimum absolute atomic E-state index is 0.0848. The average molecular weight is 432 g/mol. The summed E-state index contributed by atoms with van der Waals surface area (Å²) >= 11 is 0. The molecule has 0 aliphatic rings. The van der Waals surface area contributed by atoms with Crippen LogP contribution in [0.3, 0.4) is 0 Å². The van der Waals surface area contributed by atoms with Crippen molar-refractivity contribution in [1.82, 2.24) is 25.9 Å². The van der Waals surface area contributed by atoms with Crippen molar-refractivity contribution >= 4 is 16.0 Å². The number of aliphatic hydroxyl groups excluding tert-OH is 1. The highest BCUT2D eigenvalue weighted by molar-refractivity contribution is 7.89. The van der Waals surface area contributed by atoms with E-state index < -0.39 is 28.1 Å². The number of aromatic nitrogens is 4. The van der Waals surface area contributed by atoms with Crippen LogP contribution in [-0.4, -0.2) is 57.4 Å². The zero-order chi connectivity index (χ0) is 21.9. The van der Waals surface area contributed by atoms with E-state index >= 15 is 0 Å². The lowest BCUT2D eigenvalue weighted by Crippen LogP contribution is -2.44. The fourth-order valence-electron chi connectivity index (χ4n) is 3.00. The summed E-state index contributed by atoms with van der Waals surface area (Å²) in [7, 11) is -4.04. The highest BCUT2D eigenvalue weighted by Crippen LogP contribution is 2.34. The van der Waals surface area contributed by atoms with Gasteiger partial charge in [-0.25, -0.2) is 13.6 Å². The molecule has 2 atom stereocenters. The van der Waals surface area contributed by atoms with E-state index in [2.05, 4.69) is 25.9 Å². The number of carboxylic acids is 1. The fourth-order valence-corrected chi connectivity index (χ4v) is 3.76. The van der Waals surface area contributed by atoms with Crippen LogP contribution >= 0.6 is 0 Å². The molecule has 0 aliphatic heterocycles. The third-order valence-corrected chi connectivity index (χ3v) is 5.39. The van der Waals surface area contributed by atoms with Crippen LogP contribution in [0.1, 0.15) is 12.5 Å². The van der Waals surface area contributed by atoms with E-state index in [1.54, 1.807) is 36.4 Å². The van der Waals surface area contributed by atoms with Gasteiger partial charge in [0.2, 0.25) is 15.8 Å². The van der Waals surface area contributed by atoms with Gasteiger partial charge in [-0.15, -0.1) is 10.2 Å². The van der Waals surface area contributed by atoms with Crippen molar-refractivity contribution in [3.05, 3.63) is 48.0 Å². The van der Waals surface area contributed by atoms with Gasteiger partial charge in [-0.05, 0) is 34.9 Å². The van der Waals surface area contributed by atoms with E-state index in [1.165, 1.54) is 13.0 Å². The van der Waals surface area contributed by atoms with E-state index in [1.807, 2.05) is 0 Å². The summed E-state index contributed by atoms with van der Waals surface area (Å²) in [6.45, 7) is 1.61. The number of nitrogens with one attached hydrogen (secondary N) is 2. The van der Waals surface area contributed by atoms with Crippen LogP contribution in [0.4, 0.5) is 0 Å². The predicted octanol–water partition coefficient (Wildman–Crippen LogP) is 0.105. The molecule has 0 unspecified atom stereocenters. The molecule has 1 heterocycles. The Labute approximate surface area is 172 Å². The van der Waals surface area contributed by atoms with Gasteiger partial charge >= 0.3 is 5.97 Å². The molecule has 30 heavy (non-hydrogen) atoms. The average Bonchev–Trinajstić information content (AvgIpc) is 3.21. The van der Waals surface area contributed by atoms with Crippen molar-refractivity contribution in [2.24, 2.45) is 5.14 Å². The van der Waals surface area contributed by atoms with Gasteiger partial charge in [0.1, 0.15) is 6.04 Å². The molecule has 0 amide bonds. The van der Waals surface area contributed by atoms with Gasteiger partial charge in [-0.3, -0.25) is 10.1 Å². The van der Waals surface area contributed by atoms with E-state index in [-0.39, 0.29) is 22.8 Å². The van der Waals surface area contributed by atoms with Crippen molar-refractivity contribution in [3.8, 4) is 22.5 Å². The van der Waals surface area contributed by atoms with Gasteiger partial charge in [0.25, 0.3) is 0 Å². The van der Waals surface area contributed by atoms with Crippen molar-refractivity contribution in [2.75, 3.05) is 0 Å². The van der Waals surface area contributed by atoms with Crippen LogP contribution < -0.4 is 10.5 Å². The van der Waals surface area contributed by atoms with Crippen molar-refractivity contribution in [1.29, 1.82) is 0 Å². The third-order valence-electron chi connectivity index (χ3n) is 4.44. The number of sulfonamides is 1. The molecule has 12 heteroatoms. The first-order chi connectivity index (χ1) is 14.2. The standard InChI is InChI=1S/C18H20N6O5S/c1-10(25)16(18(26)27)20-9-11-5-7-12(8-6-11)13-3-2-4-14(30(19,28)29)15(13)17-21-23-24-22-17/h2-8,10,16,20,25H,9H2,1H3,(H,26,27)(H2,19,28,29)(H,21,22,23,24)/t10-,16+/m1/s1. The molecule has 2 aromatic carbocycles. The van der Waals surface area contributed by atoms with Crippen LogP contribution in [0.15, 0.2) is 47.4 Å². The third kappa shape index (κ3) is 4.68. The number of hydrogen-bond donors (Lipinski definition) is 5. The molecule has 11 nitrogen and oxygen atoms in total. The largest absolute Gasteiger partial charge is 0.480 e. The summed E-state index contributed by atoms with van der Waals surface area (Å²) < 4.78 is 24.1. The topological polar surface area (TPSA) is 184 Å². The van der Waals surface area contributed by atoms with Crippen molar-refractivity contribution in [3.63, 3.8) is 0 Å². The second-order valence-electron chi connectivity index (χ2n) is 6.59. The number of rotatable bonds is 8. The maximum absolute atomic E-state index is 12.1. The quantitative estimate of drug-likeness (QED) is 0.329. The molecule has 158 valence electrons. The molecule has 0 aliphatic carbocycles. The predicted molar refractivity (Wildman–Crippen MR) is 106 cm³/mol. The Morgan fingerprint density at radius 2 is 1.93 bits per heavy atom. The number of carboxylic acid groups (broad SMARTS) is 1. The Morgan fingerprint density at radius 1 is 1.23 bits per heavy atom.